The molecule has 318 valence electrons. The van der Waals surface area contributed by atoms with Gasteiger partial charge >= 0.3 is 0 Å². The first-order chi connectivity index (χ1) is 33.7. The molecule has 4 heterocycles. The average Bonchev–Trinajstić information content (AvgIpc) is 3.92. The van der Waals surface area contributed by atoms with Crippen molar-refractivity contribution in [3.63, 3.8) is 0 Å². The van der Waals surface area contributed by atoms with Crippen LogP contribution >= 0.6 is 0 Å². The first-order valence-electron chi connectivity index (χ1n) is 22.6. The van der Waals surface area contributed by atoms with Crippen LogP contribution in [0.5, 0.6) is 0 Å². The Bertz CT molecular complexity index is 3640. The van der Waals surface area contributed by atoms with Gasteiger partial charge in [0.05, 0.1) is 33.4 Å². The molecule has 8 nitrogen and oxygen atoms in total. The molecule has 0 aliphatic heterocycles. The van der Waals surface area contributed by atoms with Gasteiger partial charge in [-0.15, -0.1) is 0 Å². The first kappa shape index (κ1) is 39.0. The molecule has 0 unspecified atom stereocenters. The van der Waals surface area contributed by atoms with Gasteiger partial charge in [0.1, 0.15) is 0 Å². The van der Waals surface area contributed by atoms with Crippen molar-refractivity contribution in [2.24, 2.45) is 0 Å². The Morgan fingerprint density at radius 2 is 0.515 bits per heavy atom. The number of hydrogen-bond acceptors (Lipinski definition) is 6. The maximum Gasteiger partial charge on any atom is 0.166 e. The topological polar surface area (TPSA) is 87.2 Å². The van der Waals surface area contributed by atoms with Crippen LogP contribution in [0.25, 0.3) is 123 Å². The second kappa shape index (κ2) is 16.2. The van der Waals surface area contributed by atoms with Crippen LogP contribution < -0.4 is 0 Å². The van der Waals surface area contributed by atoms with E-state index < -0.39 is 0 Å². The smallest absolute Gasteiger partial charge is 0.166 e. The highest BCUT2D eigenvalue weighted by molar-refractivity contribution is 6.19. The summed E-state index contributed by atoms with van der Waals surface area (Å²) in [5.74, 6) is 3.63. The minimum Gasteiger partial charge on any atom is -0.308 e. The van der Waals surface area contributed by atoms with E-state index in [4.69, 9.17) is 29.9 Å². The Hall–Kier alpha value is -9.40. The van der Waals surface area contributed by atoms with Gasteiger partial charge in [0.25, 0.3) is 0 Å². The Kier molecular flexibility index (Phi) is 9.31. The molecule has 0 aliphatic carbocycles. The molecule has 4 aromatic heterocycles. The van der Waals surface area contributed by atoms with Gasteiger partial charge in [-0.2, -0.15) is 0 Å². The summed E-state index contributed by atoms with van der Waals surface area (Å²) in [4.78, 5) is 30.8. The molecule has 0 aliphatic rings. The standard InChI is InChI=1S/C60H38N8/c1-5-21-39(22-6-1)55-61-56(40-23-7-2-8-24-40)64-59(63-55)45-31-15-19-35-51(45)67-49-33-17-13-29-43(49)47-37-48-44-30-14-18-34-50(44)68(54(48)38-53(47)67)52-36-20-16-32-46(52)60-65-57(41-25-9-3-10-26-41)62-58(66-60)42-27-11-4-12-28-42/h1-38H. The molecule has 0 bridgehead atoms. The van der Waals surface area contributed by atoms with Crippen LogP contribution in [-0.4, -0.2) is 39.0 Å². The van der Waals surface area contributed by atoms with Crippen LogP contribution in [-0.2, 0) is 0 Å². The van der Waals surface area contributed by atoms with Gasteiger partial charge in [-0.3, -0.25) is 0 Å². The summed E-state index contributed by atoms with van der Waals surface area (Å²) < 4.78 is 4.73. The van der Waals surface area contributed by atoms with E-state index in [1.165, 1.54) is 0 Å². The lowest BCUT2D eigenvalue weighted by Gasteiger charge is -2.16. The number of para-hydroxylation sites is 4. The van der Waals surface area contributed by atoms with Crippen LogP contribution in [0.15, 0.2) is 231 Å². The zero-order valence-electron chi connectivity index (χ0n) is 36.5. The molecule has 0 amide bonds. The van der Waals surface area contributed by atoms with Crippen LogP contribution in [0.1, 0.15) is 0 Å². The van der Waals surface area contributed by atoms with Crippen LogP contribution in [0, 0.1) is 0 Å². The van der Waals surface area contributed by atoms with Crippen molar-refractivity contribution in [1.82, 2.24) is 39.0 Å². The van der Waals surface area contributed by atoms with Gasteiger partial charge in [-0.1, -0.05) is 182 Å². The highest BCUT2D eigenvalue weighted by Crippen LogP contribution is 2.42. The second-order valence-electron chi connectivity index (χ2n) is 16.7. The fourth-order valence-electron chi connectivity index (χ4n) is 9.52. The number of benzene rings is 9. The highest BCUT2D eigenvalue weighted by atomic mass is 15.1. The molecule has 13 aromatic rings. The summed E-state index contributed by atoms with van der Waals surface area (Å²) in [5, 5.41) is 4.58. The first-order valence-corrected chi connectivity index (χ1v) is 22.6. The SMILES string of the molecule is c1ccc(-c2nc(-c3ccccc3)nc(-c3ccccc3-n3c4ccccc4c4cc5c6ccccc6n(-c6ccccc6-c6nc(-c7ccccc7)nc(-c7ccccc7)n6)c5cc43)n2)cc1. The van der Waals surface area contributed by atoms with Crippen LogP contribution in [0.2, 0.25) is 0 Å². The van der Waals surface area contributed by atoms with E-state index in [2.05, 4.69) is 118 Å². The molecule has 68 heavy (non-hydrogen) atoms. The van der Waals surface area contributed by atoms with E-state index >= 15 is 0 Å². The molecule has 13 rings (SSSR count). The van der Waals surface area contributed by atoms with Gasteiger partial charge in [-0.05, 0) is 48.5 Å². The number of hydrogen-bond donors (Lipinski definition) is 0. The number of fused-ring (bicyclic) bond motifs is 6. The molecule has 0 radical (unpaired) electrons. The third-order valence-corrected chi connectivity index (χ3v) is 12.6. The van der Waals surface area contributed by atoms with E-state index in [1.54, 1.807) is 0 Å². The van der Waals surface area contributed by atoms with Crippen molar-refractivity contribution in [2.75, 3.05) is 0 Å². The minimum atomic E-state index is 0.588. The predicted octanol–water partition coefficient (Wildman–Crippen LogP) is 14.3. The molecule has 0 atom stereocenters. The molecule has 0 saturated heterocycles. The lowest BCUT2D eigenvalue weighted by Crippen LogP contribution is -2.04. The molecule has 0 spiro atoms. The molecule has 0 saturated carbocycles. The number of aromatic nitrogens is 8. The Morgan fingerprint density at radius 1 is 0.221 bits per heavy atom. The summed E-state index contributed by atoms with van der Waals surface area (Å²) in [5.41, 5.74) is 11.6. The maximum atomic E-state index is 5.20. The fraction of sp³-hybridized carbons (Fsp3) is 0. The van der Waals surface area contributed by atoms with Crippen molar-refractivity contribution < 1.29 is 0 Å². The van der Waals surface area contributed by atoms with Gasteiger partial charge in [-0.25, -0.2) is 29.9 Å². The summed E-state index contributed by atoms with van der Waals surface area (Å²) in [6.45, 7) is 0. The Balaban J connectivity index is 1.06. The molecular formula is C60H38N8. The van der Waals surface area contributed by atoms with Gasteiger partial charge in [0.2, 0.25) is 0 Å². The van der Waals surface area contributed by atoms with Crippen molar-refractivity contribution in [3.05, 3.63) is 231 Å². The zero-order valence-corrected chi connectivity index (χ0v) is 36.5. The Morgan fingerprint density at radius 3 is 0.882 bits per heavy atom. The van der Waals surface area contributed by atoms with E-state index in [0.29, 0.717) is 34.9 Å². The molecular weight excluding hydrogens is 833 g/mol. The molecule has 0 N–H and O–H groups in total. The van der Waals surface area contributed by atoms with Crippen molar-refractivity contribution >= 4 is 43.6 Å². The Labute approximate surface area is 391 Å². The van der Waals surface area contributed by atoms with E-state index in [0.717, 1.165) is 88.4 Å². The third kappa shape index (κ3) is 6.62. The normalized spacial score (nSPS) is 11.5. The lowest BCUT2D eigenvalue weighted by molar-refractivity contribution is 1.06. The maximum absolute atomic E-state index is 5.20. The van der Waals surface area contributed by atoms with Crippen molar-refractivity contribution in [3.8, 4) is 79.7 Å². The third-order valence-electron chi connectivity index (χ3n) is 12.6. The van der Waals surface area contributed by atoms with E-state index in [1.807, 2.05) is 121 Å². The van der Waals surface area contributed by atoms with E-state index in [-0.39, 0.29) is 0 Å². The summed E-state index contributed by atoms with van der Waals surface area (Å²) in [7, 11) is 0. The minimum absolute atomic E-state index is 0.588. The average molecular weight is 871 g/mol. The number of rotatable bonds is 8. The van der Waals surface area contributed by atoms with Crippen LogP contribution in [0.4, 0.5) is 0 Å². The molecule has 0 fully saturated rings. The predicted molar refractivity (Wildman–Crippen MR) is 275 cm³/mol. The van der Waals surface area contributed by atoms with E-state index in [9.17, 15) is 0 Å². The van der Waals surface area contributed by atoms with Crippen molar-refractivity contribution in [2.45, 2.75) is 0 Å². The van der Waals surface area contributed by atoms with Crippen LogP contribution in [0.3, 0.4) is 0 Å². The fourth-order valence-corrected chi connectivity index (χ4v) is 9.52. The number of nitrogens with zero attached hydrogens (tertiary/aromatic N) is 8. The largest absolute Gasteiger partial charge is 0.308 e. The summed E-state index contributed by atoms with van der Waals surface area (Å²) in [6.07, 6.45) is 0. The highest BCUT2D eigenvalue weighted by Gasteiger charge is 2.23. The van der Waals surface area contributed by atoms with Gasteiger partial charge in [0, 0.05) is 54.9 Å². The van der Waals surface area contributed by atoms with Crippen molar-refractivity contribution in [1.29, 1.82) is 0 Å². The van der Waals surface area contributed by atoms with Gasteiger partial charge in [0.15, 0.2) is 34.9 Å². The molecule has 9 aromatic carbocycles. The summed E-state index contributed by atoms with van der Waals surface area (Å²) >= 11 is 0. The second-order valence-corrected chi connectivity index (χ2v) is 16.7. The summed E-state index contributed by atoms with van der Waals surface area (Å²) in [6, 6.07) is 79.3. The zero-order chi connectivity index (χ0) is 45.0. The quantitative estimate of drug-likeness (QED) is 0.151. The lowest BCUT2D eigenvalue weighted by atomic mass is 10.1. The van der Waals surface area contributed by atoms with Gasteiger partial charge < -0.3 is 9.13 Å². The monoisotopic (exact) mass is 870 g/mol. The molecule has 8 heteroatoms.